The molecule has 0 amide bonds. The maximum Gasteiger partial charge on any atom is 0.313 e. The Morgan fingerprint density at radius 2 is 2.05 bits per heavy atom. The molecule has 1 unspecified atom stereocenters. The molecule has 0 aliphatic carbocycles. The van der Waals surface area contributed by atoms with E-state index in [1.807, 2.05) is 19.1 Å². The average molecular weight is 298 g/mol. The minimum Gasteiger partial charge on any atom is -0.424 e. The zero-order valence-electron chi connectivity index (χ0n) is 11.9. The van der Waals surface area contributed by atoms with Crippen molar-refractivity contribution in [2.45, 2.75) is 19.4 Å². The number of anilines is 1. The lowest BCUT2D eigenvalue weighted by molar-refractivity contribution is -0.385. The van der Waals surface area contributed by atoms with E-state index in [0.717, 1.165) is 5.56 Å². The first-order valence-corrected chi connectivity index (χ1v) is 6.86. The first-order chi connectivity index (χ1) is 10.5. The summed E-state index contributed by atoms with van der Waals surface area (Å²) in [7, 11) is 0. The Kier molecular flexibility index (Phi) is 3.50. The van der Waals surface area contributed by atoms with Crippen LogP contribution in [0.2, 0.25) is 0 Å². The number of nitrogens with zero attached hydrogens (tertiary/aromatic N) is 1. The van der Waals surface area contributed by atoms with Gasteiger partial charge in [-0.05, 0) is 24.6 Å². The lowest BCUT2D eigenvalue weighted by atomic mass is 10.0. The van der Waals surface area contributed by atoms with Crippen molar-refractivity contribution in [2.75, 3.05) is 5.32 Å². The molecular weight excluding hydrogens is 284 g/mol. The number of ether oxygens (including phenoxy) is 1. The van der Waals surface area contributed by atoms with E-state index in [0.29, 0.717) is 17.0 Å². The highest BCUT2D eigenvalue weighted by molar-refractivity contribution is 5.79. The molecule has 3 rings (SSSR count). The van der Waals surface area contributed by atoms with E-state index in [1.54, 1.807) is 24.3 Å². The van der Waals surface area contributed by atoms with Crippen LogP contribution in [0.15, 0.2) is 42.5 Å². The van der Waals surface area contributed by atoms with E-state index in [2.05, 4.69) is 5.32 Å². The third-order valence-corrected chi connectivity index (χ3v) is 3.57. The monoisotopic (exact) mass is 298 g/mol. The smallest absolute Gasteiger partial charge is 0.313 e. The van der Waals surface area contributed by atoms with Gasteiger partial charge in [-0.1, -0.05) is 24.3 Å². The molecule has 6 heteroatoms. The van der Waals surface area contributed by atoms with Gasteiger partial charge in [0.15, 0.2) is 5.75 Å². The van der Waals surface area contributed by atoms with Crippen LogP contribution in [0.3, 0.4) is 0 Å². The number of esters is 1. The zero-order chi connectivity index (χ0) is 15.7. The lowest BCUT2D eigenvalue weighted by Crippen LogP contribution is -2.15. The van der Waals surface area contributed by atoms with Crippen LogP contribution in [0.1, 0.15) is 23.6 Å². The highest BCUT2D eigenvalue weighted by Crippen LogP contribution is 2.37. The lowest BCUT2D eigenvalue weighted by Gasteiger charge is -2.16. The Labute approximate surface area is 126 Å². The Balaban J connectivity index is 2.04. The first-order valence-electron chi connectivity index (χ1n) is 6.86. The molecule has 112 valence electrons. The fraction of sp³-hybridized carbons (Fsp3) is 0.188. The second-order valence-corrected chi connectivity index (χ2v) is 5.19. The van der Waals surface area contributed by atoms with E-state index in [-0.39, 0.29) is 12.1 Å². The predicted octanol–water partition coefficient (Wildman–Crippen LogP) is 3.37. The van der Waals surface area contributed by atoms with Gasteiger partial charge in [0, 0.05) is 6.07 Å². The zero-order valence-corrected chi connectivity index (χ0v) is 11.9. The molecule has 0 saturated heterocycles. The molecule has 0 saturated carbocycles. The second-order valence-electron chi connectivity index (χ2n) is 5.19. The number of para-hydroxylation sites is 1. The van der Waals surface area contributed by atoms with Gasteiger partial charge >= 0.3 is 5.97 Å². The van der Waals surface area contributed by atoms with E-state index >= 15 is 0 Å². The Morgan fingerprint density at radius 3 is 2.82 bits per heavy atom. The molecule has 0 aromatic heterocycles. The standard InChI is InChI=1S/C16H14N2O4/c1-10-6-7-12-15(8-10)22-16(19)9-13(17-12)11-4-2-3-5-14(11)18(20)21/h2-8,13,17H,9H2,1H3. The van der Waals surface area contributed by atoms with Gasteiger partial charge < -0.3 is 10.1 Å². The highest BCUT2D eigenvalue weighted by Gasteiger charge is 2.28. The van der Waals surface area contributed by atoms with Crippen molar-refractivity contribution in [2.24, 2.45) is 0 Å². The molecule has 1 atom stereocenters. The molecule has 2 aromatic rings. The van der Waals surface area contributed by atoms with Crippen LogP contribution in [0, 0.1) is 17.0 Å². The molecule has 22 heavy (non-hydrogen) atoms. The van der Waals surface area contributed by atoms with Crippen molar-refractivity contribution < 1.29 is 14.5 Å². The number of benzene rings is 2. The minimum absolute atomic E-state index is 0.0108. The highest BCUT2D eigenvalue weighted by atomic mass is 16.6. The Morgan fingerprint density at radius 1 is 1.27 bits per heavy atom. The number of hydrogen-bond donors (Lipinski definition) is 1. The van der Waals surface area contributed by atoms with Gasteiger partial charge in [0.1, 0.15) is 0 Å². The van der Waals surface area contributed by atoms with Crippen molar-refractivity contribution in [3.63, 3.8) is 0 Å². The molecule has 0 bridgehead atoms. The van der Waals surface area contributed by atoms with Crippen molar-refractivity contribution in [1.29, 1.82) is 0 Å². The average Bonchev–Trinajstić information content (AvgIpc) is 2.64. The van der Waals surface area contributed by atoms with Crippen LogP contribution in [-0.4, -0.2) is 10.9 Å². The van der Waals surface area contributed by atoms with Crippen LogP contribution >= 0.6 is 0 Å². The number of nitrogens with one attached hydrogen (secondary N) is 1. The summed E-state index contributed by atoms with van der Waals surface area (Å²) in [5, 5.41) is 14.4. The topological polar surface area (TPSA) is 81.5 Å². The van der Waals surface area contributed by atoms with Crippen LogP contribution in [-0.2, 0) is 4.79 Å². The van der Waals surface area contributed by atoms with Gasteiger partial charge in [-0.25, -0.2) is 0 Å². The predicted molar refractivity (Wildman–Crippen MR) is 80.9 cm³/mol. The number of carbonyl (C=O) groups excluding carboxylic acids is 1. The number of fused-ring (bicyclic) bond motifs is 1. The molecular formula is C16H14N2O4. The number of carbonyl (C=O) groups is 1. The summed E-state index contributed by atoms with van der Waals surface area (Å²) in [6, 6.07) is 11.4. The van der Waals surface area contributed by atoms with E-state index < -0.39 is 16.9 Å². The van der Waals surface area contributed by atoms with Gasteiger partial charge in [0.25, 0.3) is 5.69 Å². The van der Waals surface area contributed by atoms with Crippen LogP contribution in [0.5, 0.6) is 5.75 Å². The molecule has 0 spiro atoms. The van der Waals surface area contributed by atoms with E-state index in [1.165, 1.54) is 6.07 Å². The largest absolute Gasteiger partial charge is 0.424 e. The Hall–Kier alpha value is -2.89. The third-order valence-electron chi connectivity index (χ3n) is 3.57. The van der Waals surface area contributed by atoms with Gasteiger partial charge in [-0.2, -0.15) is 0 Å². The third kappa shape index (κ3) is 2.63. The van der Waals surface area contributed by atoms with Crippen LogP contribution < -0.4 is 10.1 Å². The fourth-order valence-corrected chi connectivity index (χ4v) is 2.54. The molecule has 1 aliphatic rings. The summed E-state index contributed by atoms with van der Waals surface area (Å²) in [6.07, 6.45) is 0.0264. The SMILES string of the molecule is Cc1ccc2c(c1)OC(=O)CC(c1ccccc1[N+](=O)[O-])N2. The number of nitro benzene ring substituents is 1. The summed E-state index contributed by atoms with van der Waals surface area (Å²) in [6.45, 7) is 1.90. The van der Waals surface area contributed by atoms with Gasteiger partial charge in [-0.3, -0.25) is 14.9 Å². The molecule has 6 nitrogen and oxygen atoms in total. The quantitative estimate of drug-likeness (QED) is 0.398. The van der Waals surface area contributed by atoms with Crippen LogP contribution in [0.25, 0.3) is 0 Å². The van der Waals surface area contributed by atoms with Crippen LogP contribution in [0.4, 0.5) is 11.4 Å². The van der Waals surface area contributed by atoms with Gasteiger partial charge in [0.05, 0.1) is 28.6 Å². The fourth-order valence-electron chi connectivity index (χ4n) is 2.54. The molecule has 1 heterocycles. The number of hydrogen-bond acceptors (Lipinski definition) is 5. The summed E-state index contributed by atoms with van der Waals surface area (Å²) in [5.74, 6) is 0.0334. The summed E-state index contributed by atoms with van der Waals surface area (Å²) < 4.78 is 5.32. The van der Waals surface area contributed by atoms with Gasteiger partial charge in [0.2, 0.25) is 0 Å². The van der Waals surface area contributed by atoms with E-state index in [9.17, 15) is 14.9 Å². The van der Waals surface area contributed by atoms with E-state index in [4.69, 9.17) is 4.74 Å². The summed E-state index contributed by atoms with van der Waals surface area (Å²) in [4.78, 5) is 22.7. The van der Waals surface area contributed by atoms with Crippen molar-refractivity contribution in [3.05, 3.63) is 63.7 Å². The molecule has 0 fully saturated rings. The maximum absolute atomic E-state index is 12.0. The first kappa shape index (κ1) is 14.1. The number of rotatable bonds is 2. The van der Waals surface area contributed by atoms with Gasteiger partial charge in [-0.15, -0.1) is 0 Å². The van der Waals surface area contributed by atoms with Crippen molar-refractivity contribution >= 4 is 17.3 Å². The summed E-state index contributed by atoms with van der Waals surface area (Å²) in [5.41, 5.74) is 2.08. The molecule has 1 N–H and O–H groups in total. The molecule has 2 aromatic carbocycles. The maximum atomic E-state index is 12.0. The second kappa shape index (κ2) is 5.48. The van der Waals surface area contributed by atoms with Crippen molar-refractivity contribution in [1.82, 2.24) is 0 Å². The minimum atomic E-state index is -0.502. The molecule has 1 aliphatic heterocycles. The number of aryl methyl sites for hydroxylation is 1. The van der Waals surface area contributed by atoms with Crippen molar-refractivity contribution in [3.8, 4) is 5.75 Å². The Bertz CT molecular complexity index is 758. The molecule has 0 radical (unpaired) electrons. The number of nitro groups is 1. The summed E-state index contributed by atoms with van der Waals surface area (Å²) >= 11 is 0. The normalized spacial score (nSPS) is 17.0.